The average Bonchev–Trinajstić information content (AvgIpc) is 3.09. The van der Waals surface area contributed by atoms with Crippen molar-refractivity contribution >= 4 is 11.8 Å². The lowest BCUT2D eigenvalue weighted by Gasteiger charge is -2.19. The third-order valence-electron chi connectivity index (χ3n) is 9.92. The number of unbranched alkanes of at least 4 members (excludes halogenated alkanes) is 29. The summed E-state index contributed by atoms with van der Waals surface area (Å²) in [5, 5.41) is 6.14. The predicted octanol–water partition coefficient (Wildman–Crippen LogP) is 12.9. The van der Waals surface area contributed by atoms with Crippen LogP contribution in [-0.2, 0) is 14.3 Å². The number of ether oxygens (including phenoxy) is 1. The van der Waals surface area contributed by atoms with Crippen LogP contribution in [-0.4, -0.2) is 37.6 Å². The standard InChI is InChI=1S/C43H86N2O3/c1-4-7-10-12-14-16-18-20-22-24-26-28-30-32-34-36-42(46)44-39-41(48-38-9-6-3)40-45-43(47)37-35-33-31-29-27-25-23-21-19-17-15-13-11-8-5-2/h41H,4-40H2,1-3H3,(H,44,46)(H,45,47). The molecule has 0 aliphatic heterocycles. The minimum atomic E-state index is -0.161. The van der Waals surface area contributed by atoms with Crippen molar-refractivity contribution in [1.29, 1.82) is 0 Å². The van der Waals surface area contributed by atoms with E-state index in [2.05, 4.69) is 31.4 Å². The maximum atomic E-state index is 12.5. The van der Waals surface area contributed by atoms with Gasteiger partial charge in [-0.15, -0.1) is 0 Å². The molecule has 0 rings (SSSR count). The van der Waals surface area contributed by atoms with Gasteiger partial charge in [0.05, 0.1) is 6.10 Å². The first-order valence-electron chi connectivity index (χ1n) is 21.8. The Balaban J connectivity index is 3.75. The fourth-order valence-corrected chi connectivity index (χ4v) is 6.53. The summed E-state index contributed by atoms with van der Waals surface area (Å²) in [5.74, 6) is 0.218. The van der Waals surface area contributed by atoms with Crippen molar-refractivity contribution in [1.82, 2.24) is 10.6 Å². The molecule has 0 aliphatic rings. The first-order chi connectivity index (χ1) is 23.6. The van der Waals surface area contributed by atoms with Crippen LogP contribution in [0, 0.1) is 0 Å². The van der Waals surface area contributed by atoms with Crippen molar-refractivity contribution in [2.24, 2.45) is 0 Å². The second-order valence-electron chi connectivity index (χ2n) is 14.9. The second kappa shape index (κ2) is 40.3. The van der Waals surface area contributed by atoms with Gasteiger partial charge in [0.2, 0.25) is 11.8 Å². The molecule has 5 nitrogen and oxygen atoms in total. The molecule has 2 N–H and O–H groups in total. The molecular formula is C43H86N2O3. The van der Waals surface area contributed by atoms with Crippen molar-refractivity contribution in [3.05, 3.63) is 0 Å². The Morgan fingerprint density at radius 2 is 0.625 bits per heavy atom. The quantitative estimate of drug-likeness (QED) is 0.0634. The van der Waals surface area contributed by atoms with Crippen LogP contribution in [0.15, 0.2) is 0 Å². The van der Waals surface area contributed by atoms with Crippen LogP contribution in [0.4, 0.5) is 0 Å². The highest BCUT2D eigenvalue weighted by atomic mass is 16.5. The zero-order valence-corrected chi connectivity index (χ0v) is 33.0. The van der Waals surface area contributed by atoms with Crippen LogP contribution in [0.25, 0.3) is 0 Å². The van der Waals surface area contributed by atoms with E-state index in [-0.39, 0.29) is 17.9 Å². The van der Waals surface area contributed by atoms with Crippen molar-refractivity contribution in [2.45, 2.75) is 245 Å². The first kappa shape index (κ1) is 46.9. The zero-order chi connectivity index (χ0) is 35.0. The topological polar surface area (TPSA) is 67.4 Å². The zero-order valence-electron chi connectivity index (χ0n) is 33.0. The van der Waals surface area contributed by atoms with Crippen molar-refractivity contribution in [3.8, 4) is 0 Å². The minimum Gasteiger partial charge on any atom is -0.375 e. The number of carbonyl (C=O) groups excluding carboxylic acids is 2. The van der Waals surface area contributed by atoms with Gasteiger partial charge in [-0.2, -0.15) is 0 Å². The molecule has 0 aromatic rings. The van der Waals surface area contributed by atoms with E-state index in [0.717, 1.165) is 38.5 Å². The van der Waals surface area contributed by atoms with Gasteiger partial charge >= 0.3 is 0 Å². The second-order valence-corrected chi connectivity index (χ2v) is 14.9. The molecule has 5 heteroatoms. The highest BCUT2D eigenvalue weighted by molar-refractivity contribution is 5.76. The van der Waals surface area contributed by atoms with Crippen molar-refractivity contribution in [3.63, 3.8) is 0 Å². The molecule has 0 fully saturated rings. The average molecular weight is 679 g/mol. The molecule has 0 aliphatic carbocycles. The van der Waals surface area contributed by atoms with Gasteiger partial charge in [-0.25, -0.2) is 0 Å². The third kappa shape index (κ3) is 37.7. The van der Waals surface area contributed by atoms with Crippen molar-refractivity contribution in [2.75, 3.05) is 19.7 Å². The first-order valence-corrected chi connectivity index (χ1v) is 21.8. The fourth-order valence-electron chi connectivity index (χ4n) is 6.53. The third-order valence-corrected chi connectivity index (χ3v) is 9.92. The predicted molar refractivity (Wildman–Crippen MR) is 210 cm³/mol. The summed E-state index contributed by atoms with van der Waals surface area (Å²) in [4.78, 5) is 24.9. The van der Waals surface area contributed by atoms with Crippen LogP contribution in [0.1, 0.15) is 239 Å². The number of nitrogens with one attached hydrogen (secondary N) is 2. The molecule has 2 amide bonds. The summed E-state index contributed by atoms with van der Waals surface area (Å²) in [7, 11) is 0. The maximum Gasteiger partial charge on any atom is 0.220 e. The Morgan fingerprint density at radius 3 is 0.896 bits per heavy atom. The Labute approximate surface area is 301 Å². The summed E-state index contributed by atoms with van der Waals surface area (Å²) < 4.78 is 6.02. The van der Waals surface area contributed by atoms with Gasteiger partial charge in [0.15, 0.2) is 0 Å². The van der Waals surface area contributed by atoms with Gasteiger partial charge in [-0.3, -0.25) is 9.59 Å². The summed E-state index contributed by atoms with van der Waals surface area (Å²) in [6.45, 7) is 8.33. The molecule has 0 heterocycles. The minimum absolute atomic E-state index is 0.109. The molecule has 0 radical (unpaired) electrons. The van der Waals surface area contributed by atoms with Gasteiger partial charge in [-0.1, -0.05) is 207 Å². The Kier molecular flexibility index (Phi) is 39.4. The molecule has 48 heavy (non-hydrogen) atoms. The van der Waals surface area contributed by atoms with Gasteiger partial charge in [0.1, 0.15) is 0 Å². The van der Waals surface area contributed by atoms with E-state index < -0.39 is 0 Å². The van der Waals surface area contributed by atoms with E-state index in [1.165, 1.54) is 167 Å². The Morgan fingerprint density at radius 1 is 0.375 bits per heavy atom. The van der Waals surface area contributed by atoms with Crippen LogP contribution >= 0.6 is 0 Å². The highest BCUT2D eigenvalue weighted by Crippen LogP contribution is 2.15. The maximum absolute atomic E-state index is 12.5. The summed E-state index contributed by atoms with van der Waals surface area (Å²) >= 11 is 0. The number of hydrogen-bond acceptors (Lipinski definition) is 3. The Bertz CT molecular complexity index is 606. The number of carbonyl (C=O) groups is 2. The molecule has 0 saturated heterocycles. The Hall–Kier alpha value is -1.10. The molecule has 0 unspecified atom stereocenters. The lowest BCUT2D eigenvalue weighted by molar-refractivity contribution is -0.122. The molecule has 0 bridgehead atoms. The van der Waals surface area contributed by atoms with E-state index in [1.807, 2.05) is 0 Å². The lowest BCUT2D eigenvalue weighted by atomic mass is 10.0. The SMILES string of the molecule is CCCCCCCCCCCCCCCCCC(=O)NCC(CNC(=O)CCCCCCCCCCCCCCCCC)OCCCC. The van der Waals surface area contributed by atoms with E-state index >= 15 is 0 Å². The van der Waals surface area contributed by atoms with Crippen LogP contribution in [0.5, 0.6) is 0 Å². The summed E-state index contributed by atoms with van der Waals surface area (Å²) in [5.41, 5.74) is 0. The van der Waals surface area contributed by atoms with Crippen LogP contribution in [0.2, 0.25) is 0 Å². The van der Waals surface area contributed by atoms with Crippen LogP contribution in [0.3, 0.4) is 0 Å². The van der Waals surface area contributed by atoms with E-state index in [9.17, 15) is 9.59 Å². The number of hydrogen-bond donors (Lipinski definition) is 2. The van der Waals surface area contributed by atoms with Gasteiger partial charge in [-0.05, 0) is 19.3 Å². The monoisotopic (exact) mass is 679 g/mol. The molecule has 0 spiro atoms. The lowest BCUT2D eigenvalue weighted by Crippen LogP contribution is -2.41. The van der Waals surface area contributed by atoms with Crippen LogP contribution < -0.4 is 10.6 Å². The molecular weight excluding hydrogens is 592 g/mol. The van der Waals surface area contributed by atoms with E-state index in [4.69, 9.17) is 4.74 Å². The molecule has 286 valence electrons. The van der Waals surface area contributed by atoms with E-state index in [1.54, 1.807) is 0 Å². The normalized spacial score (nSPS) is 11.4. The number of amides is 2. The van der Waals surface area contributed by atoms with Gasteiger partial charge < -0.3 is 15.4 Å². The smallest absolute Gasteiger partial charge is 0.220 e. The van der Waals surface area contributed by atoms with E-state index in [0.29, 0.717) is 32.5 Å². The summed E-state index contributed by atoms with van der Waals surface area (Å²) in [6, 6.07) is 0. The van der Waals surface area contributed by atoms with Crippen molar-refractivity contribution < 1.29 is 14.3 Å². The summed E-state index contributed by atoms with van der Waals surface area (Å²) in [6.07, 6.45) is 43.0. The molecule has 0 aromatic carbocycles. The number of rotatable bonds is 40. The largest absolute Gasteiger partial charge is 0.375 e. The van der Waals surface area contributed by atoms with Gasteiger partial charge in [0, 0.05) is 32.5 Å². The fraction of sp³-hybridized carbons (Fsp3) is 0.953. The molecule has 0 saturated carbocycles. The highest BCUT2D eigenvalue weighted by Gasteiger charge is 2.13. The molecule has 0 aromatic heterocycles. The van der Waals surface area contributed by atoms with Gasteiger partial charge in [0.25, 0.3) is 0 Å². The molecule has 0 atom stereocenters.